The number of aliphatic hydroxyl groups excluding tert-OH is 3. The van der Waals surface area contributed by atoms with E-state index in [1.165, 1.54) is 0 Å². The molecule has 0 bridgehead atoms. The minimum atomic E-state index is -0.994. The third-order valence-electron chi connectivity index (χ3n) is 3.28. The Hall–Kier alpha value is -0.200. The van der Waals surface area contributed by atoms with E-state index in [2.05, 4.69) is 26.1 Å². The molecule has 0 spiro atoms. The van der Waals surface area contributed by atoms with Gasteiger partial charge in [0.1, 0.15) is 18.3 Å². The number of hydrogen-bond acceptors (Lipinski definition) is 5. The van der Waals surface area contributed by atoms with Crippen molar-refractivity contribution < 1.29 is 20.1 Å². The van der Waals surface area contributed by atoms with Crippen molar-refractivity contribution in [2.24, 2.45) is 5.92 Å². The van der Waals surface area contributed by atoms with Crippen LogP contribution in [0.5, 0.6) is 0 Å². The highest BCUT2D eigenvalue weighted by atomic mass is 16.6. The topological polar surface area (TPSA) is 82.0 Å². The molecule has 0 aromatic carbocycles. The molecule has 1 aliphatic heterocycles. The standard InChI is InChI=1S/C11H23NO4/c1-6(2)7(3)12-4-8-10(14)11(15)9(5-13)16-8/h6-15H,4-5H2,1-3H3/t7-,8-,9-,10-,11-/m1/s1. The fourth-order valence-electron chi connectivity index (χ4n) is 1.68. The van der Waals surface area contributed by atoms with Crippen LogP contribution < -0.4 is 5.32 Å². The number of hydrogen-bond donors (Lipinski definition) is 4. The lowest BCUT2D eigenvalue weighted by atomic mass is 10.0. The second-order valence-corrected chi connectivity index (χ2v) is 4.82. The predicted molar refractivity (Wildman–Crippen MR) is 60.1 cm³/mol. The molecular formula is C11H23NO4. The zero-order valence-corrected chi connectivity index (χ0v) is 10.1. The predicted octanol–water partition coefficient (Wildman–Crippen LogP) is -0.898. The van der Waals surface area contributed by atoms with E-state index in [-0.39, 0.29) is 6.61 Å². The van der Waals surface area contributed by atoms with Gasteiger partial charge >= 0.3 is 0 Å². The molecule has 0 amide bonds. The van der Waals surface area contributed by atoms with Crippen LogP contribution in [0, 0.1) is 5.92 Å². The van der Waals surface area contributed by atoms with Crippen molar-refractivity contribution >= 4 is 0 Å². The number of ether oxygens (including phenoxy) is 1. The highest BCUT2D eigenvalue weighted by molar-refractivity contribution is 4.91. The molecule has 5 atom stereocenters. The van der Waals surface area contributed by atoms with Gasteiger partial charge in [0.2, 0.25) is 0 Å². The lowest BCUT2D eigenvalue weighted by molar-refractivity contribution is -0.0220. The van der Waals surface area contributed by atoms with Gasteiger partial charge in [-0.25, -0.2) is 0 Å². The van der Waals surface area contributed by atoms with Crippen LogP contribution in [0.15, 0.2) is 0 Å². The molecule has 96 valence electrons. The first-order valence-electron chi connectivity index (χ1n) is 5.83. The summed E-state index contributed by atoms with van der Waals surface area (Å²) in [4.78, 5) is 0. The zero-order chi connectivity index (χ0) is 12.3. The van der Waals surface area contributed by atoms with Crippen molar-refractivity contribution in [3.8, 4) is 0 Å². The summed E-state index contributed by atoms with van der Waals surface area (Å²) in [6.07, 6.45) is -3.04. The van der Waals surface area contributed by atoms with Crippen LogP contribution in [0.25, 0.3) is 0 Å². The monoisotopic (exact) mass is 233 g/mol. The highest BCUT2D eigenvalue weighted by Crippen LogP contribution is 2.20. The summed E-state index contributed by atoms with van der Waals surface area (Å²) in [7, 11) is 0. The minimum Gasteiger partial charge on any atom is -0.394 e. The van der Waals surface area contributed by atoms with Crippen molar-refractivity contribution in [1.29, 1.82) is 0 Å². The maximum Gasteiger partial charge on any atom is 0.111 e. The van der Waals surface area contributed by atoms with Crippen molar-refractivity contribution in [3.05, 3.63) is 0 Å². The van der Waals surface area contributed by atoms with Gasteiger partial charge in [-0.2, -0.15) is 0 Å². The lowest BCUT2D eigenvalue weighted by Crippen LogP contribution is -2.42. The van der Waals surface area contributed by atoms with Gasteiger partial charge < -0.3 is 25.4 Å². The van der Waals surface area contributed by atoms with Gasteiger partial charge in [0.15, 0.2) is 0 Å². The van der Waals surface area contributed by atoms with Gasteiger partial charge in [-0.15, -0.1) is 0 Å². The molecule has 1 aliphatic rings. The molecule has 0 saturated carbocycles. The molecule has 4 N–H and O–H groups in total. The van der Waals surface area contributed by atoms with Gasteiger partial charge in [0, 0.05) is 12.6 Å². The second-order valence-electron chi connectivity index (χ2n) is 4.82. The van der Waals surface area contributed by atoms with E-state index in [4.69, 9.17) is 9.84 Å². The molecule has 0 aromatic rings. The van der Waals surface area contributed by atoms with Crippen molar-refractivity contribution in [3.63, 3.8) is 0 Å². The molecule has 1 heterocycles. The summed E-state index contributed by atoms with van der Waals surface area (Å²) in [5.74, 6) is 0.497. The first-order valence-corrected chi connectivity index (χ1v) is 5.83. The Kier molecular flexibility index (Phi) is 5.14. The zero-order valence-electron chi connectivity index (χ0n) is 10.1. The molecule has 0 unspecified atom stereocenters. The fourth-order valence-corrected chi connectivity index (χ4v) is 1.68. The second kappa shape index (κ2) is 5.93. The van der Waals surface area contributed by atoms with E-state index < -0.39 is 24.4 Å². The average molecular weight is 233 g/mol. The smallest absolute Gasteiger partial charge is 0.111 e. The van der Waals surface area contributed by atoms with E-state index in [9.17, 15) is 10.2 Å². The van der Waals surface area contributed by atoms with Crippen LogP contribution in [-0.4, -0.2) is 58.9 Å². The van der Waals surface area contributed by atoms with Gasteiger partial charge in [-0.05, 0) is 12.8 Å². The number of rotatable bonds is 5. The third kappa shape index (κ3) is 3.15. The average Bonchev–Trinajstić information content (AvgIpc) is 2.52. The molecule has 0 radical (unpaired) electrons. The van der Waals surface area contributed by atoms with Crippen LogP contribution in [-0.2, 0) is 4.74 Å². The Labute approximate surface area is 96.4 Å². The lowest BCUT2D eigenvalue weighted by Gasteiger charge is -2.21. The molecular weight excluding hydrogens is 210 g/mol. The third-order valence-corrected chi connectivity index (χ3v) is 3.28. The summed E-state index contributed by atoms with van der Waals surface area (Å²) in [5, 5.41) is 31.4. The SMILES string of the molecule is CC(C)[C@@H](C)NC[C@H]1O[C@H](CO)[C@@H](O)[C@@H]1O. The van der Waals surface area contributed by atoms with Crippen LogP contribution in [0.4, 0.5) is 0 Å². The van der Waals surface area contributed by atoms with Crippen LogP contribution in [0.1, 0.15) is 20.8 Å². The van der Waals surface area contributed by atoms with Crippen molar-refractivity contribution in [2.75, 3.05) is 13.2 Å². The number of nitrogens with one attached hydrogen (secondary N) is 1. The van der Waals surface area contributed by atoms with Crippen molar-refractivity contribution in [2.45, 2.75) is 51.2 Å². The maximum atomic E-state index is 9.68. The van der Waals surface area contributed by atoms with Gasteiger partial charge in [0.25, 0.3) is 0 Å². The Balaban J connectivity index is 2.38. The van der Waals surface area contributed by atoms with E-state index in [0.717, 1.165) is 0 Å². The van der Waals surface area contributed by atoms with E-state index in [1.54, 1.807) is 0 Å². The quantitative estimate of drug-likeness (QED) is 0.495. The molecule has 5 heteroatoms. The Morgan fingerprint density at radius 3 is 2.12 bits per heavy atom. The Morgan fingerprint density at radius 2 is 1.69 bits per heavy atom. The Bertz CT molecular complexity index is 212. The molecule has 0 aromatic heterocycles. The molecule has 1 saturated heterocycles. The first kappa shape index (κ1) is 13.9. The van der Waals surface area contributed by atoms with E-state index >= 15 is 0 Å². The maximum absolute atomic E-state index is 9.68. The molecule has 1 fully saturated rings. The molecule has 0 aliphatic carbocycles. The normalized spacial score (nSPS) is 36.9. The molecule has 5 nitrogen and oxygen atoms in total. The first-order chi connectivity index (χ1) is 7.47. The molecule has 16 heavy (non-hydrogen) atoms. The van der Waals surface area contributed by atoms with Crippen LogP contribution in [0.2, 0.25) is 0 Å². The summed E-state index contributed by atoms with van der Waals surface area (Å²) in [5.41, 5.74) is 0. The summed E-state index contributed by atoms with van der Waals surface area (Å²) in [6.45, 7) is 6.48. The summed E-state index contributed by atoms with van der Waals surface area (Å²) < 4.78 is 5.35. The Morgan fingerprint density at radius 1 is 1.12 bits per heavy atom. The van der Waals surface area contributed by atoms with Crippen LogP contribution >= 0.6 is 0 Å². The summed E-state index contributed by atoms with van der Waals surface area (Å²) in [6, 6.07) is 0.320. The van der Waals surface area contributed by atoms with E-state index in [1.807, 2.05) is 0 Å². The van der Waals surface area contributed by atoms with E-state index in [0.29, 0.717) is 18.5 Å². The minimum absolute atomic E-state index is 0.269. The number of aliphatic hydroxyl groups is 3. The van der Waals surface area contributed by atoms with Gasteiger partial charge in [-0.3, -0.25) is 0 Å². The van der Waals surface area contributed by atoms with Crippen LogP contribution in [0.3, 0.4) is 0 Å². The molecule has 1 rings (SSSR count). The van der Waals surface area contributed by atoms with Gasteiger partial charge in [0.05, 0.1) is 12.7 Å². The van der Waals surface area contributed by atoms with Crippen molar-refractivity contribution in [1.82, 2.24) is 5.32 Å². The largest absolute Gasteiger partial charge is 0.394 e. The fraction of sp³-hybridized carbons (Fsp3) is 1.00. The summed E-state index contributed by atoms with van der Waals surface area (Å²) >= 11 is 0. The van der Waals surface area contributed by atoms with Gasteiger partial charge in [-0.1, -0.05) is 13.8 Å². The highest BCUT2D eigenvalue weighted by Gasteiger charge is 2.41.